The number of hydrogen-bond donors (Lipinski definition) is 2. The zero-order valence-corrected chi connectivity index (χ0v) is 18.8. The minimum absolute atomic E-state index is 0. The first-order valence-corrected chi connectivity index (χ1v) is 10.7. The summed E-state index contributed by atoms with van der Waals surface area (Å²) in [5.74, 6) is -1.12. The molecule has 0 bridgehead atoms. The Morgan fingerprint density at radius 1 is 1.09 bits per heavy atom. The Hall–Kier alpha value is -2.61. The van der Waals surface area contributed by atoms with Gasteiger partial charge in [0.15, 0.2) is 0 Å². The van der Waals surface area contributed by atoms with Crippen LogP contribution in [-0.2, 0) is 14.3 Å². The van der Waals surface area contributed by atoms with Crippen molar-refractivity contribution in [2.75, 3.05) is 32.9 Å². The van der Waals surface area contributed by atoms with Crippen LogP contribution in [0.2, 0.25) is 0 Å². The molecular formula is C24H29ClN2O5. The fraction of sp³-hybridized carbons (Fsp3) is 0.417. The van der Waals surface area contributed by atoms with E-state index in [-0.39, 0.29) is 31.0 Å². The number of nitrogens with one attached hydrogen (secondary N) is 1. The number of aliphatic carboxylic acids is 1. The Labute approximate surface area is 194 Å². The number of amides is 1. The molecule has 4 rings (SSSR count). The lowest BCUT2D eigenvalue weighted by Gasteiger charge is -2.33. The Morgan fingerprint density at radius 3 is 2.22 bits per heavy atom. The fourth-order valence-corrected chi connectivity index (χ4v) is 4.51. The van der Waals surface area contributed by atoms with Crippen LogP contribution < -0.4 is 5.32 Å². The first-order chi connectivity index (χ1) is 15.0. The number of alkyl carbamates (subject to hydrolysis) is 1. The quantitative estimate of drug-likeness (QED) is 0.657. The van der Waals surface area contributed by atoms with E-state index in [4.69, 9.17) is 9.47 Å². The molecule has 8 heteroatoms. The highest BCUT2D eigenvalue weighted by Gasteiger charge is 2.30. The van der Waals surface area contributed by atoms with E-state index in [1.807, 2.05) is 43.3 Å². The van der Waals surface area contributed by atoms with E-state index in [2.05, 4.69) is 22.3 Å². The van der Waals surface area contributed by atoms with E-state index < -0.39 is 18.1 Å². The van der Waals surface area contributed by atoms with Gasteiger partial charge in [0.1, 0.15) is 12.6 Å². The molecule has 2 aromatic carbocycles. The van der Waals surface area contributed by atoms with E-state index in [0.29, 0.717) is 19.6 Å². The van der Waals surface area contributed by atoms with Gasteiger partial charge >= 0.3 is 12.1 Å². The summed E-state index contributed by atoms with van der Waals surface area (Å²) in [6.07, 6.45) is -0.400. The fourth-order valence-electron chi connectivity index (χ4n) is 4.51. The second-order valence-corrected chi connectivity index (χ2v) is 8.09. The molecule has 2 atom stereocenters. The van der Waals surface area contributed by atoms with Gasteiger partial charge in [-0.05, 0) is 35.6 Å². The van der Waals surface area contributed by atoms with E-state index in [1.165, 1.54) is 0 Å². The predicted molar refractivity (Wildman–Crippen MR) is 123 cm³/mol. The van der Waals surface area contributed by atoms with Crippen molar-refractivity contribution in [2.45, 2.75) is 31.3 Å². The summed E-state index contributed by atoms with van der Waals surface area (Å²) in [4.78, 5) is 26.4. The van der Waals surface area contributed by atoms with Gasteiger partial charge in [-0.2, -0.15) is 0 Å². The summed E-state index contributed by atoms with van der Waals surface area (Å²) >= 11 is 0. The number of hydrogen-bond acceptors (Lipinski definition) is 5. The molecule has 1 saturated heterocycles. The molecule has 32 heavy (non-hydrogen) atoms. The molecule has 0 aromatic heterocycles. The van der Waals surface area contributed by atoms with Crippen LogP contribution in [0, 0.1) is 0 Å². The predicted octanol–water partition coefficient (Wildman–Crippen LogP) is 3.51. The van der Waals surface area contributed by atoms with Crippen LogP contribution in [0.25, 0.3) is 11.1 Å². The topological polar surface area (TPSA) is 88.1 Å². The molecule has 172 valence electrons. The molecule has 2 unspecified atom stereocenters. The third-order valence-corrected chi connectivity index (χ3v) is 6.18. The Morgan fingerprint density at radius 2 is 1.66 bits per heavy atom. The molecule has 2 aromatic rings. The number of fused-ring (bicyclic) bond motifs is 3. The first-order valence-electron chi connectivity index (χ1n) is 10.7. The summed E-state index contributed by atoms with van der Waals surface area (Å²) in [6.45, 7) is 4.94. The standard InChI is InChI=1S/C24H28N2O5.ClH/c1-16(26-10-12-30-13-11-26)14-22(23(27)28)25-24(29)31-15-21-19-8-4-2-6-17(19)18-7-3-5-9-20(18)21;/h2-9,16,21-22H,10-15H2,1H3,(H,25,29)(H,27,28);1H. The van der Waals surface area contributed by atoms with Crippen molar-refractivity contribution in [1.29, 1.82) is 0 Å². The van der Waals surface area contributed by atoms with Crippen LogP contribution in [0.1, 0.15) is 30.4 Å². The molecule has 1 fully saturated rings. The number of carboxylic acids is 1. The minimum atomic E-state index is -1.06. The molecule has 0 saturated carbocycles. The lowest BCUT2D eigenvalue weighted by atomic mass is 9.98. The zero-order chi connectivity index (χ0) is 21.8. The molecule has 0 radical (unpaired) electrons. The summed E-state index contributed by atoms with van der Waals surface area (Å²) in [5, 5.41) is 12.1. The zero-order valence-electron chi connectivity index (χ0n) is 18.0. The van der Waals surface area contributed by atoms with Gasteiger partial charge in [-0.25, -0.2) is 9.59 Å². The van der Waals surface area contributed by atoms with Gasteiger partial charge in [-0.3, -0.25) is 4.90 Å². The highest BCUT2D eigenvalue weighted by atomic mass is 35.5. The highest BCUT2D eigenvalue weighted by Crippen LogP contribution is 2.44. The van der Waals surface area contributed by atoms with Gasteiger partial charge in [0.25, 0.3) is 0 Å². The number of carbonyl (C=O) groups excluding carboxylic acids is 1. The summed E-state index contributed by atoms with van der Waals surface area (Å²) in [5.41, 5.74) is 4.53. The SMILES string of the molecule is CC(CC(NC(=O)OCC1c2ccccc2-c2ccccc21)C(=O)O)N1CCOCC1.Cl. The number of carboxylic acid groups (broad SMARTS) is 1. The van der Waals surface area contributed by atoms with Crippen molar-refractivity contribution in [1.82, 2.24) is 10.2 Å². The van der Waals surface area contributed by atoms with Gasteiger partial charge in [-0.15, -0.1) is 12.4 Å². The summed E-state index contributed by atoms with van der Waals surface area (Å²) in [7, 11) is 0. The lowest BCUT2D eigenvalue weighted by molar-refractivity contribution is -0.140. The second kappa shape index (κ2) is 10.8. The maximum atomic E-state index is 12.5. The van der Waals surface area contributed by atoms with Crippen molar-refractivity contribution >= 4 is 24.5 Å². The van der Waals surface area contributed by atoms with Crippen LogP contribution >= 0.6 is 12.4 Å². The molecule has 1 aliphatic heterocycles. The van der Waals surface area contributed by atoms with Crippen LogP contribution in [0.15, 0.2) is 48.5 Å². The van der Waals surface area contributed by atoms with Crippen LogP contribution in [0.4, 0.5) is 4.79 Å². The van der Waals surface area contributed by atoms with Crippen molar-refractivity contribution < 1.29 is 24.2 Å². The second-order valence-electron chi connectivity index (χ2n) is 8.09. The van der Waals surface area contributed by atoms with Crippen LogP contribution in [0.3, 0.4) is 0 Å². The molecule has 2 N–H and O–H groups in total. The molecule has 0 spiro atoms. The monoisotopic (exact) mass is 460 g/mol. The highest BCUT2D eigenvalue weighted by molar-refractivity contribution is 5.85. The normalized spacial score (nSPS) is 17.4. The van der Waals surface area contributed by atoms with Crippen LogP contribution in [-0.4, -0.2) is 67.1 Å². The molecular weight excluding hydrogens is 432 g/mol. The van der Waals surface area contributed by atoms with Gasteiger partial charge in [-0.1, -0.05) is 48.5 Å². The molecule has 7 nitrogen and oxygen atoms in total. The van der Waals surface area contributed by atoms with Crippen molar-refractivity contribution in [2.24, 2.45) is 0 Å². The summed E-state index contributed by atoms with van der Waals surface area (Å²) < 4.78 is 10.9. The van der Waals surface area contributed by atoms with Crippen molar-refractivity contribution in [3.63, 3.8) is 0 Å². The van der Waals surface area contributed by atoms with Crippen LogP contribution in [0.5, 0.6) is 0 Å². The average Bonchev–Trinajstić information content (AvgIpc) is 3.11. The molecule has 1 amide bonds. The maximum absolute atomic E-state index is 12.5. The van der Waals surface area contributed by atoms with Crippen molar-refractivity contribution in [3.8, 4) is 11.1 Å². The molecule has 2 aliphatic rings. The number of benzene rings is 2. The Balaban J connectivity index is 0.00000289. The smallest absolute Gasteiger partial charge is 0.407 e. The number of morpholine rings is 1. The lowest BCUT2D eigenvalue weighted by Crippen LogP contribution is -2.48. The van der Waals surface area contributed by atoms with Gasteiger partial charge in [0.05, 0.1) is 13.2 Å². The van der Waals surface area contributed by atoms with Gasteiger partial charge in [0, 0.05) is 25.0 Å². The third kappa shape index (κ3) is 5.23. The van der Waals surface area contributed by atoms with Gasteiger partial charge in [0.2, 0.25) is 0 Å². The van der Waals surface area contributed by atoms with E-state index in [9.17, 15) is 14.7 Å². The minimum Gasteiger partial charge on any atom is -0.480 e. The van der Waals surface area contributed by atoms with E-state index in [0.717, 1.165) is 35.3 Å². The first kappa shape index (κ1) is 24.0. The number of rotatable bonds is 7. The van der Waals surface area contributed by atoms with E-state index in [1.54, 1.807) is 0 Å². The Kier molecular flexibility index (Phi) is 8.12. The summed E-state index contributed by atoms with van der Waals surface area (Å²) in [6, 6.07) is 15.2. The maximum Gasteiger partial charge on any atom is 0.407 e. The largest absolute Gasteiger partial charge is 0.480 e. The van der Waals surface area contributed by atoms with Crippen molar-refractivity contribution in [3.05, 3.63) is 59.7 Å². The van der Waals surface area contributed by atoms with Gasteiger partial charge < -0.3 is 19.9 Å². The average molecular weight is 461 g/mol. The number of halogens is 1. The third-order valence-electron chi connectivity index (χ3n) is 6.18. The molecule has 1 aliphatic carbocycles. The Bertz CT molecular complexity index is 902. The number of ether oxygens (including phenoxy) is 2. The van der Waals surface area contributed by atoms with E-state index >= 15 is 0 Å². The number of carbonyl (C=O) groups is 2. The molecule has 1 heterocycles. The number of nitrogens with zero attached hydrogens (tertiary/aromatic N) is 1.